The van der Waals surface area contributed by atoms with E-state index >= 15 is 0 Å². The number of nitrogens with zero attached hydrogens (tertiary/aromatic N) is 1. The van der Waals surface area contributed by atoms with Gasteiger partial charge in [-0.1, -0.05) is 49.4 Å². The molecule has 3 rings (SSSR count). The zero-order valence-corrected chi connectivity index (χ0v) is 15.5. The van der Waals surface area contributed by atoms with Crippen molar-refractivity contribution in [1.29, 1.82) is 0 Å². The van der Waals surface area contributed by atoms with Crippen molar-refractivity contribution in [2.24, 2.45) is 0 Å². The number of halogens is 1. The summed E-state index contributed by atoms with van der Waals surface area (Å²) in [6.45, 7) is 2.16. The van der Waals surface area contributed by atoms with Crippen LogP contribution in [0.25, 0.3) is 0 Å². The van der Waals surface area contributed by atoms with E-state index in [2.05, 4.69) is 16.1 Å². The van der Waals surface area contributed by atoms with Crippen molar-refractivity contribution in [1.82, 2.24) is 21.1 Å². The van der Waals surface area contributed by atoms with Gasteiger partial charge in [0.2, 0.25) is 0 Å². The fourth-order valence-corrected chi connectivity index (χ4v) is 3.13. The van der Waals surface area contributed by atoms with Gasteiger partial charge in [0.05, 0.1) is 0 Å². The molecule has 1 saturated heterocycles. The van der Waals surface area contributed by atoms with Gasteiger partial charge in [-0.05, 0) is 41.9 Å². The SMILES string of the molecule is CC[C@@]1(c2ccccc2)NC(=O)N(NC(=S)NCc2ccc(F)cc2)C1=O. The molecule has 1 aliphatic rings. The molecule has 0 aromatic heterocycles. The van der Waals surface area contributed by atoms with E-state index in [-0.39, 0.29) is 10.9 Å². The Kier molecular flexibility index (Phi) is 5.36. The Morgan fingerprint density at radius 1 is 1.15 bits per heavy atom. The fourth-order valence-electron chi connectivity index (χ4n) is 2.96. The number of benzene rings is 2. The molecule has 0 bridgehead atoms. The van der Waals surface area contributed by atoms with Crippen molar-refractivity contribution < 1.29 is 14.0 Å². The number of imide groups is 1. The van der Waals surface area contributed by atoms with Gasteiger partial charge >= 0.3 is 6.03 Å². The minimum absolute atomic E-state index is 0.114. The number of amides is 3. The normalized spacial score (nSPS) is 19.0. The number of urea groups is 1. The smallest absolute Gasteiger partial charge is 0.344 e. The molecular formula is C19H19FN4O2S. The van der Waals surface area contributed by atoms with Crippen LogP contribution < -0.4 is 16.1 Å². The topological polar surface area (TPSA) is 73.5 Å². The molecule has 0 radical (unpaired) electrons. The summed E-state index contributed by atoms with van der Waals surface area (Å²) in [5.74, 6) is -0.747. The van der Waals surface area contributed by atoms with Gasteiger partial charge in [-0.25, -0.2) is 9.18 Å². The lowest BCUT2D eigenvalue weighted by Gasteiger charge is -2.25. The highest BCUT2D eigenvalue weighted by Gasteiger charge is 2.51. The lowest BCUT2D eigenvalue weighted by molar-refractivity contribution is -0.133. The first kappa shape index (κ1) is 18.8. The molecule has 1 aliphatic heterocycles. The van der Waals surface area contributed by atoms with Crippen LogP contribution in [0.2, 0.25) is 0 Å². The summed E-state index contributed by atoms with van der Waals surface area (Å²) in [5.41, 5.74) is 3.03. The lowest BCUT2D eigenvalue weighted by atomic mass is 9.87. The molecule has 140 valence electrons. The van der Waals surface area contributed by atoms with Crippen LogP contribution in [-0.4, -0.2) is 22.1 Å². The van der Waals surface area contributed by atoms with Crippen LogP contribution in [0.4, 0.5) is 9.18 Å². The highest BCUT2D eigenvalue weighted by molar-refractivity contribution is 7.80. The Labute approximate surface area is 161 Å². The summed E-state index contributed by atoms with van der Waals surface area (Å²) in [4.78, 5) is 25.3. The molecule has 27 heavy (non-hydrogen) atoms. The third-order valence-corrected chi connectivity index (χ3v) is 4.70. The molecule has 6 nitrogen and oxygen atoms in total. The maximum atomic E-state index is 13.0. The van der Waals surface area contributed by atoms with Crippen LogP contribution >= 0.6 is 12.2 Å². The quantitative estimate of drug-likeness (QED) is 0.544. The molecular weight excluding hydrogens is 367 g/mol. The first-order valence-electron chi connectivity index (χ1n) is 8.47. The summed E-state index contributed by atoms with van der Waals surface area (Å²) in [6, 6.07) is 14.4. The van der Waals surface area contributed by atoms with Crippen LogP contribution in [0.3, 0.4) is 0 Å². The fraction of sp³-hybridized carbons (Fsp3) is 0.211. The third-order valence-electron chi connectivity index (χ3n) is 4.47. The zero-order chi connectivity index (χ0) is 19.4. The largest absolute Gasteiger partial charge is 0.357 e. The van der Waals surface area contributed by atoms with E-state index in [4.69, 9.17) is 12.2 Å². The molecule has 2 aromatic rings. The van der Waals surface area contributed by atoms with Gasteiger partial charge in [-0.2, -0.15) is 5.01 Å². The second kappa shape index (κ2) is 7.71. The monoisotopic (exact) mass is 386 g/mol. The van der Waals surface area contributed by atoms with E-state index in [9.17, 15) is 14.0 Å². The number of hydrogen-bond donors (Lipinski definition) is 3. The van der Waals surface area contributed by atoms with Gasteiger partial charge in [-0.3, -0.25) is 10.2 Å². The Bertz CT molecular complexity index is 860. The second-order valence-corrected chi connectivity index (χ2v) is 6.52. The third kappa shape index (κ3) is 3.75. The minimum Gasteiger partial charge on any atom is -0.357 e. The van der Waals surface area contributed by atoms with Gasteiger partial charge in [0.15, 0.2) is 5.11 Å². The van der Waals surface area contributed by atoms with Crippen molar-refractivity contribution in [3.05, 3.63) is 71.5 Å². The van der Waals surface area contributed by atoms with Crippen LogP contribution in [-0.2, 0) is 16.9 Å². The molecule has 1 fully saturated rings. The molecule has 0 spiro atoms. The van der Waals surface area contributed by atoms with Crippen molar-refractivity contribution in [2.45, 2.75) is 25.4 Å². The van der Waals surface area contributed by atoms with E-state index in [1.165, 1.54) is 12.1 Å². The Balaban J connectivity index is 1.68. The first-order chi connectivity index (χ1) is 13.0. The number of thiocarbonyl (C=S) groups is 1. The number of nitrogens with one attached hydrogen (secondary N) is 3. The van der Waals surface area contributed by atoms with Crippen LogP contribution in [0.15, 0.2) is 54.6 Å². The summed E-state index contributed by atoms with van der Waals surface area (Å²) >= 11 is 5.18. The van der Waals surface area contributed by atoms with Crippen molar-refractivity contribution >= 4 is 29.3 Å². The number of carbonyl (C=O) groups is 2. The summed E-state index contributed by atoms with van der Waals surface area (Å²) in [7, 11) is 0. The summed E-state index contributed by atoms with van der Waals surface area (Å²) < 4.78 is 12.9. The Hall–Kier alpha value is -3.00. The average molecular weight is 386 g/mol. The van der Waals surface area contributed by atoms with Crippen molar-refractivity contribution in [3.8, 4) is 0 Å². The zero-order valence-electron chi connectivity index (χ0n) is 14.7. The average Bonchev–Trinajstić information content (AvgIpc) is 2.93. The number of hydrogen-bond acceptors (Lipinski definition) is 3. The first-order valence-corrected chi connectivity index (χ1v) is 8.88. The van der Waals surface area contributed by atoms with Crippen molar-refractivity contribution in [3.63, 3.8) is 0 Å². The second-order valence-electron chi connectivity index (χ2n) is 6.12. The highest BCUT2D eigenvalue weighted by atomic mass is 32.1. The van der Waals surface area contributed by atoms with Crippen LogP contribution in [0.1, 0.15) is 24.5 Å². The maximum Gasteiger partial charge on any atom is 0.344 e. The van der Waals surface area contributed by atoms with Gasteiger partial charge in [-0.15, -0.1) is 0 Å². The molecule has 8 heteroatoms. The summed E-state index contributed by atoms with van der Waals surface area (Å²) in [5, 5.41) is 6.66. The predicted octanol–water partition coefficient (Wildman–Crippen LogP) is 2.56. The molecule has 0 saturated carbocycles. The van der Waals surface area contributed by atoms with Crippen LogP contribution in [0.5, 0.6) is 0 Å². The number of rotatable bonds is 5. The molecule has 1 atom stereocenters. The predicted molar refractivity (Wildman–Crippen MR) is 103 cm³/mol. The van der Waals surface area contributed by atoms with E-state index in [1.807, 2.05) is 25.1 Å². The summed E-state index contributed by atoms with van der Waals surface area (Å²) in [6.07, 6.45) is 0.398. The van der Waals surface area contributed by atoms with Crippen molar-refractivity contribution in [2.75, 3.05) is 0 Å². The van der Waals surface area contributed by atoms with Gasteiger partial charge in [0, 0.05) is 6.54 Å². The molecule has 3 amide bonds. The van der Waals surface area contributed by atoms with Gasteiger partial charge in [0.25, 0.3) is 5.91 Å². The lowest BCUT2D eigenvalue weighted by Crippen LogP contribution is -2.51. The molecule has 0 aliphatic carbocycles. The Morgan fingerprint density at radius 3 is 2.44 bits per heavy atom. The van der Waals surface area contributed by atoms with E-state index in [1.54, 1.807) is 24.3 Å². The highest BCUT2D eigenvalue weighted by Crippen LogP contribution is 2.31. The minimum atomic E-state index is -1.13. The number of carbonyl (C=O) groups excluding carboxylic acids is 2. The van der Waals surface area contributed by atoms with E-state index < -0.39 is 17.5 Å². The molecule has 3 N–H and O–H groups in total. The molecule has 0 unspecified atom stereocenters. The van der Waals surface area contributed by atoms with E-state index in [0.717, 1.165) is 10.6 Å². The Morgan fingerprint density at radius 2 is 1.81 bits per heavy atom. The van der Waals surface area contributed by atoms with Gasteiger partial charge in [0.1, 0.15) is 11.4 Å². The number of hydrazine groups is 1. The molecule has 1 heterocycles. The maximum absolute atomic E-state index is 13.0. The van der Waals surface area contributed by atoms with E-state index in [0.29, 0.717) is 18.5 Å². The molecule has 2 aromatic carbocycles. The van der Waals surface area contributed by atoms with Gasteiger partial charge < -0.3 is 10.6 Å². The standard InChI is InChI=1S/C19H19FN4O2S/c1-2-19(14-6-4-3-5-7-14)16(25)24(18(26)22-19)23-17(27)21-12-13-8-10-15(20)11-9-13/h3-11H,2,12H2,1H3,(H,22,26)(H2,21,23,27)/t19-/m0/s1. The van der Waals surface area contributed by atoms with Crippen LogP contribution in [0, 0.1) is 5.82 Å².